The molecule has 3 heterocycles. The van der Waals surface area contributed by atoms with Crippen LogP contribution in [0.25, 0.3) is 5.57 Å². The van der Waals surface area contributed by atoms with Crippen LogP contribution in [0.5, 0.6) is 0 Å². The van der Waals surface area contributed by atoms with E-state index < -0.39 is 0 Å². The summed E-state index contributed by atoms with van der Waals surface area (Å²) in [4.78, 5) is 2.66. The van der Waals surface area contributed by atoms with E-state index >= 15 is 0 Å². The Hall–Kier alpha value is -3.17. The van der Waals surface area contributed by atoms with Crippen LogP contribution < -0.4 is 5.32 Å². The van der Waals surface area contributed by atoms with Gasteiger partial charge in [-0.15, -0.1) is 0 Å². The Morgan fingerprint density at radius 1 is 1.06 bits per heavy atom. The van der Waals surface area contributed by atoms with Crippen molar-refractivity contribution < 1.29 is 0 Å². The summed E-state index contributed by atoms with van der Waals surface area (Å²) in [7, 11) is 0. The molecule has 34 heavy (non-hydrogen) atoms. The molecule has 2 aromatic carbocycles. The first kappa shape index (κ1) is 21.4. The van der Waals surface area contributed by atoms with Gasteiger partial charge in [-0.05, 0) is 79.1 Å². The molecule has 4 aliphatic rings. The lowest BCUT2D eigenvalue weighted by Gasteiger charge is -2.39. The van der Waals surface area contributed by atoms with Crippen molar-refractivity contribution in [2.24, 2.45) is 10.3 Å². The molecule has 0 radical (unpaired) electrons. The Bertz CT molecular complexity index is 1170. The number of hydrogen-bond acceptors (Lipinski definition) is 6. The summed E-state index contributed by atoms with van der Waals surface area (Å²) in [6.07, 6.45) is 8.64. The first-order valence-electron chi connectivity index (χ1n) is 12.7. The second kappa shape index (κ2) is 8.88. The molecular weight excluding hydrogens is 420 g/mol. The van der Waals surface area contributed by atoms with Crippen LogP contribution in [-0.4, -0.2) is 41.6 Å². The van der Waals surface area contributed by atoms with Gasteiger partial charge < -0.3 is 5.32 Å². The molecule has 6 heteroatoms. The van der Waals surface area contributed by atoms with E-state index in [0.29, 0.717) is 5.56 Å². The third-order valence-electron chi connectivity index (χ3n) is 8.09. The summed E-state index contributed by atoms with van der Waals surface area (Å²) < 4.78 is 0. The Morgan fingerprint density at radius 3 is 2.74 bits per heavy atom. The highest BCUT2D eigenvalue weighted by Crippen LogP contribution is 2.42. The number of rotatable bonds is 4. The van der Waals surface area contributed by atoms with E-state index in [0.717, 1.165) is 37.7 Å². The van der Waals surface area contributed by atoms with Crippen LogP contribution in [-0.2, 0) is 0 Å². The van der Waals surface area contributed by atoms with Gasteiger partial charge >= 0.3 is 0 Å². The lowest BCUT2D eigenvalue weighted by atomic mass is 9.87. The zero-order valence-corrected chi connectivity index (χ0v) is 19.8. The smallest absolute Gasteiger partial charge is 0.0992 e. The Morgan fingerprint density at radius 2 is 1.97 bits per heavy atom. The van der Waals surface area contributed by atoms with Crippen LogP contribution in [0.1, 0.15) is 73.4 Å². The molecule has 1 fully saturated rings. The van der Waals surface area contributed by atoms with Crippen molar-refractivity contribution in [3.8, 4) is 6.07 Å². The molecule has 6 rings (SSSR count). The van der Waals surface area contributed by atoms with E-state index in [1.54, 1.807) is 0 Å². The fraction of sp³-hybridized carbons (Fsp3) is 0.464. The van der Waals surface area contributed by atoms with Gasteiger partial charge in [0.05, 0.1) is 29.8 Å². The topological polar surface area (TPSA) is 67.0 Å². The van der Waals surface area contributed by atoms with Gasteiger partial charge in [0.1, 0.15) is 0 Å². The number of nitrogens with one attached hydrogen (secondary N) is 1. The average molecular weight is 453 g/mol. The van der Waals surface area contributed by atoms with Crippen molar-refractivity contribution in [1.29, 1.82) is 5.26 Å². The van der Waals surface area contributed by atoms with Crippen molar-refractivity contribution in [3.05, 3.63) is 70.8 Å². The summed E-state index contributed by atoms with van der Waals surface area (Å²) in [6, 6.07) is 18.4. The molecule has 0 bridgehead atoms. The third kappa shape index (κ3) is 3.88. The van der Waals surface area contributed by atoms with Crippen molar-refractivity contribution in [2.45, 2.75) is 63.2 Å². The Balaban J connectivity index is 1.33. The molecule has 3 aliphatic heterocycles. The summed E-state index contributed by atoms with van der Waals surface area (Å²) in [5.41, 5.74) is 7.15. The fourth-order valence-electron chi connectivity index (χ4n) is 5.94. The van der Waals surface area contributed by atoms with Gasteiger partial charge in [-0.1, -0.05) is 35.9 Å². The van der Waals surface area contributed by atoms with Gasteiger partial charge in [-0.3, -0.25) is 9.91 Å². The predicted molar refractivity (Wildman–Crippen MR) is 134 cm³/mol. The SMILES string of the molecule is CC1N=NN2CCC(Nc3cccc(C#N)c3)c3cc(C4=CCN(C5CCC5)CC4)ccc3C12. The molecule has 3 unspecified atom stereocenters. The number of benzene rings is 2. The molecule has 0 aromatic heterocycles. The monoisotopic (exact) mass is 452 g/mol. The van der Waals surface area contributed by atoms with Crippen molar-refractivity contribution in [3.63, 3.8) is 0 Å². The van der Waals surface area contributed by atoms with Gasteiger partial charge in [-0.2, -0.15) is 10.4 Å². The standard InChI is InChI=1S/C28H32N6/c1-19-28-25-9-8-22(21-10-13-33(14-11-21)24-6-3-7-24)17-26(25)27(12-15-34(28)32-31-19)30-23-5-2-4-20(16-23)18-29/h2,4-5,8-10,16-17,19,24,27-28,30H,3,6-7,11-15H2,1H3. The van der Waals surface area contributed by atoms with Gasteiger partial charge in [0.2, 0.25) is 0 Å². The second-order valence-electron chi connectivity index (χ2n) is 10.1. The maximum atomic E-state index is 9.34. The second-order valence-corrected chi connectivity index (χ2v) is 10.1. The average Bonchev–Trinajstić information content (AvgIpc) is 3.13. The van der Waals surface area contributed by atoms with Crippen LogP contribution in [0.2, 0.25) is 0 Å². The van der Waals surface area contributed by atoms with Gasteiger partial charge in [0.25, 0.3) is 0 Å². The largest absolute Gasteiger partial charge is 0.378 e. The van der Waals surface area contributed by atoms with Crippen LogP contribution in [0.4, 0.5) is 5.69 Å². The van der Waals surface area contributed by atoms with Crippen molar-refractivity contribution in [1.82, 2.24) is 9.91 Å². The van der Waals surface area contributed by atoms with E-state index in [-0.39, 0.29) is 18.1 Å². The molecule has 3 atom stereocenters. The highest BCUT2D eigenvalue weighted by molar-refractivity contribution is 5.68. The number of fused-ring (bicyclic) bond motifs is 3. The molecule has 1 aliphatic carbocycles. The van der Waals surface area contributed by atoms with E-state index in [1.807, 2.05) is 18.2 Å². The summed E-state index contributed by atoms with van der Waals surface area (Å²) in [6.45, 7) is 5.26. The highest BCUT2D eigenvalue weighted by atomic mass is 15.6. The maximum Gasteiger partial charge on any atom is 0.0992 e. The van der Waals surface area contributed by atoms with Crippen LogP contribution in [0, 0.1) is 11.3 Å². The molecule has 1 saturated carbocycles. The molecule has 0 saturated heterocycles. The zero-order chi connectivity index (χ0) is 23.1. The minimum Gasteiger partial charge on any atom is -0.378 e. The van der Waals surface area contributed by atoms with Crippen LogP contribution in [0.15, 0.2) is 58.9 Å². The number of nitrogens with zero attached hydrogens (tertiary/aromatic N) is 5. The predicted octanol–water partition coefficient (Wildman–Crippen LogP) is 5.87. The molecule has 0 spiro atoms. The van der Waals surface area contributed by atoms with Crippen molar-refractivity contribution >= 4 is 11.3 Å². The van der Waals surface area contributed by atoms with Crippen molar-refractivity contribution in [2.75, 3.05) is 25.0 Å². The summed E-state index contributed by atoms with van der Waals surface area (Å²) in [5, 5.41) is 24.2. The maximum absolute atomic E-state index is 9.34. The Kier molecular flexibility index (Phi) is 5.58. The van der Waals surface area contributed by atoms with Crippen LogP contribution >= 0.6 is 0 Å². The summed E-state index contributed by atoms with van der Waals surface area (Å²) >= 11 is 0. The van der Waals surface area contributed by atoms with E-state index in [2.05, 4.69) is 68.9 Å². The first-order chi connectivity index (χ1) is 16.7. The number of hydrogen-bond donors (Lipinski definition) is 1. The summed E-state index contributed by atoms with van der Waals surface area (Å²) in [5.74, 6) is 0. The molecule has 1 N–H and O–H groups in total. The van der Waals surface area contributed by atoms with Gasteiger partial charge in [0, 0.05) is 31.4 Å². The zero-order valence-electron chi connectivity index (χ0n) is 19.8. The molecule has 174 valence electrons. The van der Waals surface area contributed by atoms with Gasteiger partial charge in [0.15, 0.2) is 0 Å². The third-order valence-corrected chi connectivity index (χ3v) is 8.09. The van der Waals surface area contributed by atoms with Gasteiger partial charge in [-0.25, -0.2) is 0 Å². The highest BCUT2D eigenvalue weighted by Gasteiger charge is 2.37. The first-order valence-corrected chi connectivity index (χ1v) is 12.7. The minimum absolute atomic E-state index is 0.148. The molecule has 0 amide bonds. The normalized spacial score (nSPS) is 26.6. The lowest BCUT2D eigenvalue weighted by molar-refractivity contribution is 0.141. The fourth-order valence-corrected chi connectivity index (χ4v) is 5.94. The van der Waals surface area contributed by atoms with Crippen LogP contribution in [0.3, 0.4) is 0 Å². The quantitative estimate of drug-likeness (QED) is 0.630. The number of anilines is 1. The molecule has 2 aromatic rings. The lowest BCUT2D eigenvalue weighted by Crippen LogP contribution is -2.42. The number of nitriles is 1. The molecule has 6 nitrogen and oxygen atoms in total. The Labute approximate surface area is 201 Å². The van der Waals surface area contributed by atoms with E-state index in [1.165, 1.54) is 48.1 Å². The molecular formula is C28H32N6. The van der Waals surface area contributed by atoms with E-state index in [9.17, 15) is 5.26 Å². The minimum atomic E-state index is 0.148. The van der Waals surface area contributed by atoms with E-state index in [4.69, 9.17) is 0 Å².